The Kier molecular flexibility index (Phi) is 3.77. The summed E-state index contributed by atoms with van der Waals surface area (Å²) in [5, 5.41) is 0.721. The Bertz CT molecular complexity index is 1310. The minimum Gasteiger partial charge on any atom is -0.457 e. The summed E-state index contributed by atoms with van der Waals surface area (Å²) < 4.78 is 6.46. The average molecular weight is 423 g/mol. The van der Waals surface area contributed by atoms with Crippen LogP contribution >= 0.6 is 11.6 Å². The smallest absolute Gasteiger partial charge is 0.132 e. The molecule has 4 aromatic rings. The third kappa shape index (κ3) is 2.44. The first-order chi connectivity index (χ1) is 14.9. The van der Waals surface area contributed by atoms with Crippen molar-refractivity contribution in [2.45, 2.75) is 31.6 Å². The van der Waals surface area contributed by atoms with Gasteiger partial charge in [-0.25, -0.2) is 0 Å². The van der Waals surface area contributed by atoms with Crippen molar-refractivity contribution >= 4 is 11.6 Å². The molecule has 0 saturated carbocycles. The van der Waals surface area contributed by atoms with Gasteiger partial charge in [-0.1, -0.05) is 87.0 Å². The van der Waals surface area contributed by atoms with Gasteiger partial charge in [-0.2, -0.15) is 0 Å². The van der Waals surface area contributed by atoms with Crippen molar-refractivity contribution in [2.24, 2.45) is 0 Å². The van der Waals surface area contributed by atoms with Crippen LogP contribution in [0.4, 0.5) is 0 Å². The maximum absolute atomic E-state index is 6.57. The molecule has 0 amide bonds. The van der Waals surface area contributed by atoms with Gasteiger partial charge in [-0.3, -0.25) is 0 Å². The van der Waals surface area contributed by atoms with E-state index in [-0.39, 0.29) is 5.41 Å². The zero-order valence-electron chi connectivity index (χ0n) is 17.9. The highest BCUT2D eigenvalue weighted by Gasteiger charge is 2.51. The molecular weight excluding hydrogens is 400 g/mol. The Morgan fingerprint density at radius 2 is 1.19 bits per heavy atom. The van der Waals surface area contributed by atoms with Crippen LogP contribution in [0.25, 0.3) is 11.1 Å². The SMILES string of the molecule is CC(C)(C)c1ccc2c(c1)C1(c3cc(Cl)ccc3O2)c2ccccc2-c2ccccc21. The maximum Gasteiger partial charge on any atom is 0.132 e. The third-order valence-electron chi connectivity index (χ3n) is 6.77. The van der Waals surface area contributed by atoms with Gasteiger partial charge in [-0.05, 0) is 63.6 Å². The molecule has 0 radical (unpaired) electrons. The molecule has 6 rings (SSSR count). The minimum atomic E-state index is -0.456. The molecule has 152 valence electrons. The van der Waals surface area contributed by atoms with Crippen molar-refractivity contribution < 1.29 is 4.74 Å². The fraction of sp³-hybridized carbons (Fsp3) is 0.172. The first-order valence-electron chi connectivity index (χ1n) is 10.7. The van der Waals surface area contributed by atoms with Gasteiger partial charge in [0.2, 0.25) is 0 Å². The van der Waals surface area contributed by atoms with Crippen LogP contribution in [0.3, 0.4) is 0 Å². The van der Waals surface area contributed by atoms with Gasteiger partial charge in [0.15, 0.2) is 0 Å². The standard InChI is InChI=1S/C29H23ClO/c1-28(2,3)18-12-14-26-24(16-18)29(25-17-19(30)13-15-27(25)31-26)22-10-6-4-8-20(22)21-9-5-7-11-23(21)29/h4-17H,1-3H3. The van der Waals surface area contributed by atoms with Crippen molar-refractivity contribution in [1.82, 2.24) is 0 Å². The predicted molar refractivity (Wildman–Crippen MR) is 128 cm³/mol. The summed E-state index contributed by atoms with van der Waals surface area (Å²) in [5.41, 5.74) is 8.29. The van der Waals surface area contributed by atoms with Gasteiger partial charge < -0.3 is 4.74 Å². The fourth-order valence-electron chi connectivity index (χ4n) is 5.34. The molecule has 4 aromatic carbocycles. The van der Waals surface area contributed by atoms with Gasteiger partial charge in [-0.15, -0.1) is 0 Å². The Morgan fingerprint density at radius 1 is 0.645 bits per heavy atom. The van der Waals surface area contributed by atoms with Gasteiger partial charge in [0.1, 0.15) is 11.5 Å². The van der Waals surface area contributed by atoms with Crippen LogP contribution in [-0.2, 0) is 10.8 Å². The number of halogens is 1. The minimum absolute atomic E-state index is 0.0302. The largest absolute Gasteiger partial charge is 0.457 e. The van der Waals surface area contributed by atoms with E-state index in [1.807, 2.05) is 12.1 Å². The molecule has 0 N–H and O–H groups in total. The van der Waals surface area contributed by atoms with E-state index in [9.17, 15) is 0 Å². The van der Waals surface area contributed by atoms with Crippen LogP contribution in [-0.4, -0.2) is 0 Å². The Balaban J connectivity index is 1.82. The van der Waals surface area contributed by atoms with Crippen molar-refractivity contribution in [3.05, 3.63) is 118 Å². The van der Waals surface area contributed by atoms with E-state index >= 15 is 0 Å². The lowest BCUT2D eigenvalue weighted by Crippen LogP contribution is -2.32. The number of hydrogen-bond donors (Lipinski definition) is 0. The molecule has 1 aliphatic heterocycles. The predicted octanol–water partition coefficient (Wildman–Crippen LogP) is 8.11. The first kappa shape index (κ1) is 18.7. The summed E-state index contributed by atoms with van der Waals surface area (Å²) in [7, 11) is 0. The van der Waals surface area contributed by atoms with Crippen LogP contribution in [0.15, 0.2) is 84.9 Å². The van der Waals surface area contributed by atoms with Crippen molar-refractivity contribution in [3.63, 3.8) is 0 Å². The fourth-order valence-corrected chi connectivity index (χ4v) is 5.51. The molecule has 0 saturated heterocycles. The number of ether oxygens (including phenoxy) is 1. The van der Waals surface area contributed by atoms with E-state index < -0.39 is 5.41 Å². The second kappa shape index (κ2) is 6.24. The molecule has 1 heterocycles. The Hall–Kier alpha value is -3.03. The summed E-state index contributed by atoms with van der Waals surface area (Å²) in [6.07, 6.45) is 0. The summed E-state index contributed by atoms with van der Waals surface area (Å²) in [6.45, 7) is 6.77. The number of fused-ring (bicyclic) bond motifs is 9. The number of rotatable bonds is 0. The lowest BCUT2D eigenvalue weighted by molar-refractivity contribution is 0.434. The molecule has 1 aliphatic carbocycles. The highest BCUT2D eigenvalue weighted by Crippen LogP contribution is 2.62. The lowest BCUT2D eigenvalue weighted by atomic mass is 9.65. The molecule has 2 heteroatoms. The molecule has 0 atom stereocenters. The summed E-state index contributed by atoms with van der Waals surface area (Å²) in [5.74, 6) is 1.78. The molecule has 0 aromatic heterocycles. The molecular formula is C29H23ClO. The number of benzene rings is 4. The molecule has 1 spiro atoms. The Morgan fingerprint density at radius 3 is 1.81 bits per heavy atom. The second-order valence-corrected chi connectivity index (χ2v) is 9.98. The molecule has 1 nitrogen and oxygen atoms in total. The summed E-state index contributed by atoms with van der Waals surface area (Å²) >= 11 is 6.57. The summed E-state index contributed by atoms with van der Waals surface area (Å²) in [4.78, 5) is 0. The molecule has 2 aliphatic rings. The zero-order valence-corrected chi connectivity index (χ0v) is 18.6. The third-order valence-corrected chi connectivity index (χ3v) is 7.00. The van der Waals surface area contributed by atoms with Crippen LogP contribution in [0.1, 0.15) is 48.6 Å². The topological polar surface area (TPSA) is 9.23 Å². The highest BCUT2D eigenvalue weighted by atomic mass is 35.5. The zero-order chi connectivity index (χ0) is 21.4. The van der Waals surface area contributed by atoms with Gasteiger partial charge >= 0.3 is 0 Å². The van der Waals surface area contributed by atoms with Crippen LogP contribution < -0.4 is 4.74 Å². The Labute approximate surface area is 188 Å². The van der Waals surface area contributed by atoms with Gasteiger partial charge in [0.05, 0.1) is 5.41 Å². The van der Waals surface area contributed by atoms with Crippen LogP contribution in [0.5, 0.6) is 11.5 Å². The maximum atomic E-state index is 6.57. The van der Waals surface area contributed by atoms with Crippen molar-refractivity contribution in [3.8, 4) is 22.6 Å². The highest BCUT2D eigenvalue weighted by molar-refractivity contribution is 6.30. The van der Waals surface area contributed by atoms with Gasteiger partial charge in [0, 0.05) is 16.1 Å². The van der Waals surface area contributed by atoms with Crippen molar-refractivity contribution in [2.75, 3.05) is 0 Å². The van der Waals surface area contributed by atoms with Gasteiger partial charge in [0.25, 0.3) is 0 Å². The van der Waals surface area contributed by atoms with E-state index in [2.05, 4.69) is 93.6 Å². The quantitative estimate of drug-likeness (QED) is 0.240. The monoisotopic (exact) mass is 422 g/mol. The van der Waals surface area contributed by atoms with Crippen molar-refractivity contribution in [1.29, 1.82) is 0 Å². The normalized spacial score (nSPS) is 15.0. The van der Waals surface area contributed by atoms with E-state index in [1.54, 1.807) is 0 Å². The van der Waals surface area contributed by atoms with Crippen LogP contribution in [0, 0.1) is 0 Å². The molecule has 0 fully saturated rings. The van der Waals surface area contributed by atoms with E-state index in [4.69, 9.17) is 16.3 Å². The molecule has 0 bridgehead atoms. The number of hydrogen-bond acceptors (Lipinski definition) is 1. The average Bonchev–Trinajstić information content (AvgIpc) is 3.05. The first-order valence-corrected chi connectivity index (χ1v) is 11.1. The molecule has 31 heavy (non-hydrogen) atoms. The van der Waals surface area contributed by atoms with Crippen LogP contribution in [0.2, 0.25) is 5.02 Å². The summed E-state index contributed by atoms with van der Waals surface area (Å²) in [6, 6.07) is 30.2. The second-order valence-electron chi connectivity index (χ2n) is 9.54. The van der Waals surface area contributed by atoms with E-state index in [0.717, 1.165) is 22.1 Å². The van der Waals surface area contributed by atoms with E-state index in [0.29, 0.717) is 0 Å². The lowest BCUT2D eigenvalue weighted by Gasteiger charge is -2.40. The van der Waals surface area contributed by atoms with E-state index in [1.165, 1.54) is 33.4 Å². The molecule has 0 unspecified atom stereocenters.